The van der Waals surface area contributed by atoms with Crippen molar-refractivity contribution >= 4 is 17.4 Å². The molecule has 19 heavy (non-hydrogen) atoms. The predicted octanol–water partition coefficient (Wildman–Crippen LogP) is 2.76. The third-order valence-corrected chi connectivity index (χ3v) is 2.50. The molecule has 0 aliphatic carbocycles. The van der Waals surface area contributed by atoms with Crippen molar-refractivity contribution in [1.82, 2.24) is 4.98 Å². The minimum atomic E-state index is -0.462. The summed E-state index contributed by atoms with van der Waals surface area (Å²) in [5.41, 5.74) is 5.66. The average Bonchev–Trinajstić information content (AvgIpc) is 2.41. The Morgan fingerprint density at radius 1 is 1.37 bits per heavy atom. The molecule has 0 unspecified atom stereocenters. The highest BCUT2D eigenvalue weighted by Gasteiger charge is 2.07. The van der Waals surface area contributed by atoms with Crippen molar-refractivity contribution in [3.05, 3.63) is 52.9 Å². The number of rotatable bonds is 3. The first-order valence-corrected chi connectivity index (χ1v) is 5.56. The normalized spacial score (nSPS) is 11.4. The number of amidine groups is 1. The molecule has 5 nitrogen and oxygen atoms in total. The van der Waals surface area contributed by atoms with Crippen molar-refractivity contribution in [2.75, 3.05) is 0 Å². The highest BCUT2D eigenvalue weighted by Crippen LogP contribution is 2.28. The van der Waals surface area contributed by atoms with E-state index in [4.69, 9.17) is 27.3 Å². The third kappa shape index (κ3) is 3.11. The first-order valence-electron chi connectivity index (χ1n) is 5.18. The van der Waals surface area contributed by atoms with Gasteiger partial charge in [0, 0.05) is 6.07 Å². The Morgan fingerprint density at radius 3 is 2.84 bits per heavy atom. The summed E-state index contributed by atoms with van der Waals surface area (Å²) >= 11 is 5.83. The van der Waals surface area contributed by atoms with Gasteiger partial charge in [-0.1, -0.05) is 22.8 Å². The number of oxime groups is 1. The Bertz CT molecular complexity index is 634. The molecule has 1 heterocycles. The number of pyridine rings is 1. The van der Waals surface area contributed by atoms with Gasteiger partial charge >= 0.3 is 0 Å². The summed E-state index contributed by atoms with van der Waals surface area (Å²) in [7, 11) is 0. The van der Waals surface area contributed by atoms with Crippen LogP contribution in [0.15, 0.2) is 41.6 Å². The van der Waals surface area contributed by atoms with E-state index in [0.29, 0.717) is 0 Å². The van der Waals surface area contributed by atoms with E-state index >= 15 is 0 Å². The van der Waals surface area contributed by atoms with E-state index in [2.05, 4.69) is 10.1 Å². The molecule has 0 bridgehead atoms. The van der Waals surface area contributed by atoms with Crippen LogP contribution in [0.3, 0.4) is 0 Å². The van der Waals surface area contributed by atoms with E-state index < -0.39 is 5.82 Å². The second-order valence-corrected chi connectivity index (χ2v) is 3.93. The Balaban J connectivity index is 2.28. The lowest BCUT2D eigenvalue weighted by molar-refractivity contribution is 0.318. The van der Waals surface area contributed by atoms with Gasteiger partial charge in [0.15, 0.2) is 5.84 Å². The van der Waals surface area contributed by atoms with E-state index in [-0.39, 0.29) is 28.2 Å². The summed E-state index contributed by atoms with van der Waals surface area (Å²) in [4.78, 5) is 4.01. The van der Waals surface area contributed by atoms with Crippen molar-refractivity contribution in [3.63, 3.8) is 0 Å². The Kier molecular flexibility index (Phi) is 3.82. The lowest BCUT2D eigenvalue weighted by atomic mass is 10.3. The van der Waals surface area contributed by atoms with Crippen LogP contribution in [-0.4, -0.2) is 16.0 Å². The third-order valence-electron chi connectivity index (χ3n) is 2.20. The summed E-state index contributed by atoms with van der Waals surface area (Å²) in [6, 6.07) is 8.46. The molecule has 0 spiro atoms. The number of benzene rings is 1. The first-order chi connectivity index (χ1) is 9.10. The van der Waals surface area contributed by atoms with Crippen LogP contribution in [0, 0.1) is 5.82 Å². The van der Waals surface area contributed by atoms with Gasteiger partial charge in [0.2, 0.25) is 5.88 Å². The van der Waals surface area contributed by atoms with Crippen LogP contribution >= 0.6 is 11.6 Å². The molecular weight excluding hydrogens is 273 g/mol. The van der Waals surface area contributed by atoms with Crippen LogP contribution in [0.25, 0.3) is 0 Å². The maximum absolute atomic E-state index is 12.9. The monoisotopic (exact) mass is 281 g/mol. The van der Waals surface area contributed by atoms with Gasteiger partial charge in [-0.3, -0.25) is 0 Å². The molecule has 7 heteroatoms. The molecule has 98 valence electrons. The molecule has 0 amide bonds. The molecule has 0 saturated carbocycles. The van der Waals surface area contributed by atoms with E-state index in [9.17, 15) is 4.39 Å². The lowest BCUT2D eigenvalue weighted by Crippen LogP contribution is -2.14. The van der Waals surface area contributed by atoms with Crippen molar-refractivity contribution in [2.45, 2.75) is 0 Å². The molecule has 0 radical (unpaired) electrons. The highest BCUT2D eigenvalue weighted by atomic mass is 35.5. The van der Waals surface area contributed by atoms with Crippen LogP contribution in [0.4, 0.5) is 4.39 Å². The number of ether oxygens (including phenoxy) is 1. The minimum absolute atomic E-state index is 0.121. The van der Waals surface area contributed by atoms with E-state index in [1.165, 1.54) is 12.1 Å². The molecule has 0 fully saturated rings. The Labute approximate surface area is 113 Å². The van der Waals surface area contributed by atoms with Gasteiger partial charge in [0.05, 0.1) is 5.02 Å². The van der Waals surface area contributed by atoms with Crippen LogP contribution < -0.4 is 10.5 Å². The lowest BCUT2D eigenvalue weighted by Gasteiger charge is -2.07. The SMILES string of the molecule is NC(=NO)c1cccc(Oc2ccc(F)cc2Cl)n1. The second kappa shape index (κ2) is 5.53. The smallest absolute Gasteiger partial charge is 0.219 e. The van der Waals surface area contributed by atoms with E-state index in [1.54, 1.807) is 18.2 Å². The predicted molar refractivity (Wildman–Crippen MR) is 68.2 cm³/mol. The van der Waals surface area contributed by atoms with Gasteiger partial charge in [-0.2, -0.15) is 0 Å². The zero-order valence-corrected chi connectivity index (χ0v) is 10.3. The average molecular weight is 282 g/mol. The number of halogens is 2. The fourth-order valence-electron chi connectivity index (χ4n) is 1.34. The zero-order valence-electron chi connectivity index (χ0n) is 9.55. The molecule has 0 aliphatic heterocycles. The molecule has 2 rings (SSSR count). The summed E-state index contributed by atoms with van der Waals surface area (Å²) in [5, 5.41) is 11.5. The number of nitrogens with zero attached hydrogens (tertiary/aromatic N) is 2. The fraction of sp³-hybridized carbons (Fsp3) is 0. The maximum atomic E-state index is 12.9. The van der Waals surface area contributed by atoms with Crippen LogP contribution in [-0.2, 0) is 0 Å². The summed E-state index contributed by atoms with van der Waals surface area (Å²) in [6.45, 7) is 0. The summed E-state index contributed by atoms with van der Waals surface area (Å²) < 4.78 is 18.3. The van der Waals surface area contributed by atoms with E-state index in [0.717, 1.165) is 6.07 Å². The van der Waals surface area contributed by atoms with Gasteiger partial charge in [-0.05, 0) is 24.3 Å². The molecule has 0 saturated heterocycles. The Morgan fingerprint density at radius 2 is 2.16 bits per heavy atom. The highest BCUT2D eigenvalue weighted by molar-refractivity contribution is 6.32. The van der Waals surface area contributed by atoms with E-state index in [1.807, 2.05) is 0 Å². The first kappa shape index (κ1) is 13.1. The summed E-state index contributed by atoms with van der Waals surface area (Å²) in [5.74, 6) is -0.156. The zero-order chi connectivity index (χ0) is 13.8. The van der Waals surface area contributed by atoms with Crippen molar-refractivity contribution < 1.29 is 14.3 Å². The number of aromatic nitrogens is 1. The fourth-order valence-corrected chi connectivity index (χ4v) is 1.54. The number of hydrogen-bond acceptors (Lipinski definition) is 4. The molecular formula is C12H9ClFN3O2. The molecule has 1 aromatic carbocycles. The van der Waals surface area contributed by atoms with Crippen molar-refractivity contribution in [3.8, 4) is 11.6 Å². The maximum Gasteiger partial charge on any atom is 0.219 e. The summed E-state index contributed by atoms with van der Waals surface area (Å²) in [6.07, 6.45) is 0. The van der Waals surface area contributed by atoms with Gasteiger partial charge < -0.3 is 15.7 Å². The van der Waals surface area contributed by atoms with Crippen LogP contribution in [0.5, 0.6) is 11.6 Å². The van der Waals surface area contributed by atoms with Crippen LogP contribution in [0.1, 0.15) is 5.69 Å². The quantitative estimate of drug-likeness (QED) is 0.392. The Hall–Kier alpha value is -2.34. The number of nitrogens with two attached hydrogens (primary N) is 1. The molecule has 0 atom stereocenters. The van der Waals surface area contributed by atoms with Crippen molar-refractivity contribution in [1.29, 1.82) is 0 Å². The van der Waals surface area contributed by atoms with Gasteiger partial charge in [0.1, 0.15) is 17.3 Å². The van der Waals surface area contributed by atoms with Gasteiger partial charge in [-0.15, -0.1) is 0 Å². The largest absolute Gasteiger partial charge is 0.437 e. The standard InChI is InChI=1S/C12H9ClFN3O2/c13-8-6-7(14)4-5-10(8)19-11-3-1-2-9(16-11)12(15)17-18/h1-6,18H,(H2,15,17). The molecule has 2 aromatic rings. The van der Waals surface area contributed by atoms with Gasteiger partial charge in [0.25, 0.3) is 0 Å². The van der Waals surface area contributed by atoms with Crippen molar-refractivity contribution in [2.24, 2.45) is 10.9 Å². The molecule has 3 N–H and O–H groups in total. The molecule has 1 aromatic heterocycles. The van der Waals surface area contributed by atoms with Crippen LogP contribution in [0.2, 0.25) is 5.02 Å². The minimum Gasteiger partial charge on any atom is -0.437 e. The number of hydrogen-bond donors (Lipinski definition) is 2. The second-order valence-electron chi connectivity index (χ2n) is 3.52. The topological polar surface area (TPSA) is 80.7 Å². The van der Waals surface area contributed by atoms with Gasteiger partial charge in [-0.25, -0.2) is 9.37 Å². The molecule has 0 aliphatic rings.